The van der Waals surface area contributed by atoms with E-state index in [1.807, 2.05) is 0 Å². The van der Waals surface area contributed by atoms with Crippen LogP contribution in [0.4, 0.5) is 0 Å². The highest BCUT2D eigenvalue weighted by molar-refractivity contribution is 9.09. The van der Waals surface area contributed by atoms with Gasteiger partial charge in [-0.05, 0) is 18.2 Å². The van der Waals surface area contributed by atoms with Crippen LogP contribution in [0.5, 0.6) is 0 Å². The van der Waals surface area contributed by atoms with Crippen molar-refractivity contribution < 1.29 is 9.53 Å². The van der Waals surface area contributed by atoms with Crippen LogP contribution < -0.4 is 0 Å². The van der Waals surface area contributed by atoms with Crippen LogP contribution >= 0.6 is 27.5 Å². The lowest BCUT2D eigenvalue weighted by Crippen LogP contribution is -2.35. The van der Waals surface area contributed by atoms with Crippen molar-refractivity contribution in [1.29, 1.82) is 0 Å². The van der Waals surface area contributed by atoms with Crippen LogP contribution in [0.3, 0.4) is 0 Å². The maximum Gasteiger partial charge on any atom is 0.254 e. The van der Waals surface area contributed by atoms with Crippen molar-refractivity contribution in [2.24, 2.45) is 0 Å². The average molecular weight is 321 g/mol. The number of carbonyl (C=O) groups excluding carboxylic acids is 1. The molecule has 0 spiro atoms. The Bertz CT molecular complexity index is 373. The number of methoxy groups -OCH3 is 1. The van der Waals surface area contributed by atoms with Crippen molar-refractivity contribution in [2.45, 2.75) is 0 Å². The highest BCUT2D eigenvalue weighted by Gasteiger charge is 2.14. The molecule has 1 aromatic rings. The van der Waals surface area contributed by atoms with Crippen LogP contribution in [0.15, 0.2) is 24.3 Å². The van der Waals surface area contributed by atoms with Gasteiger partial charge < -0.3 is 9.64 Å². The maximum absolute atomic E-state index is 12.2. The number of hydrogen-bond acceptors (Lipinski definition) is 2. The third kappa shape index (κ3) is 4.66. The van der Waals surface area contributed by atoms with Crippen molar-refractivity contribution in [3.63, 3.8) is 0 Å². The molecule has 94 valence electrons. The summed E-state index contributed by atoms with van der Waals surface area (Å²) in [6, 6.07) is 6.97. The summed E-state index contributed by atoms with van der Waals surface area (Å²) in [6.07, 6.45) is 0. The first-order chi connectivity index (χ1) is 8.19. The highest BCUT2D eigenvalue weighted by atomic mass is 79.9. The predicted molar refractivity (Wildman–Crippen MR) is 73.0 cm³/mol. The van der Waals surface area contributed by atoms with E-state index in [1.165, 1.54) is 0 Å². The van der Waals surface area contributed by atoms with E-state index in [0.717, 1.165) is 5.33 Å². The van der Waals surface area contributed by atoms with E-state index in [0.29, 0.717) is 30.3 Å². The molecule has 17 heavy (non-hydrogen) atoms. The maximum atomic E-state index is 12.2. The molecule has 0 aliphatic rings. The normalized spacial score (nSPS) is 10.3. The zero-order chi connectivity index (χ0) is 12.7. The number of nitrogens with zero attached hydrogens (tertiary/aromatic N) is 1. The molecule has 0 aliphatic carbocycles. The summed E-state index contributed by atoms with van der Waals surface area (Å²) in [5, 5.41) is 1.31. The van der Waals surface area contributed by atoms with E-state index in [2.05, 4.69) is 15.9 Å². The molecule has 0 bridgehead atoms. The Morgan fingerprint density at radius 3 is 2.82 bits per heavy atom. The van der Waals surface area contributed by atoms with Gasteiger partial charge in [0, 0.05) is 36.1 Å². The first-order valence-corrected chi connectivity index (χ1v) is 6.78. The van der Waals surface area contributed by atoms with Gasteiger partial charge in [-0.3, -0.25) is 4.79 Å². The van der Waals surface area contributed by atoms with Crippen LogP contribution in [0.2, 0.25) is 5.02 Å². The average Bonchev–Trinajstić information content (AvgIpc) is 2.33. The second kappa shape index (κ2) is 7.69. The van der Waals surface area contributed by atoms with Crippen molar-refractivity contribution in [3.05, 3.63) is 34.9 Å². The molecule has 1 amide bonds. The quantitative estimate of drug-likeness (QED) is 0.754. The summed E-state index contributed by atoms with van der Waals surface area (Å²) in [5.41, 5.74) is 0.606. The van der Waals surface area contributed by atoms with Crippen LogP contribution in [0.25, 0.3) is 0 Å². The minimum atomic E-state index is -0.0241. The van der Waals surface area contributed by atoms with Crippen LogP contribution in [0, 0.1) is 0 Å². The van der Waals surface area contributed by atoms with Crippen molar-refractivity contribution in [3.8, 4) is 0 Å². The second-order valence-corrected chi connectivity index (χ2v) is 4.71. The Morgan fingerprint density at radius 1 is 1.47 bits per heavy atom. The fourth-order valence-electron chi connectivity index (χ4n) is 1.42. The van der Waals surface area contributed by atoms with E-state index in [-0.39, 0.29) is 5.91 Å². The Kier molecular flexibility index (Phi) is 6.55. The molecule has 0 fully saturated rings. The molecular weight excluding hydrogens is 305 g/mol. The fraction of sp³-hybridized carbons (Fsp3) is 0.417. The molecule has 1 aromatic carbocycles. The Morgan fingerprint density at radius 2 is 2.24 bits per heavy atom. The largest absolute Gasteiger partial charge is 0.383 e. The van der Waals surface area contributed by atoms with E-state index < -0.39 is 0 Å². The number of alkyl halides is 1. The molecule has 0 aromatic heterocycles. The molecule has 0 heterocycles. The summed E-state index contributed by atoms with van der Waals surface area (Å²) < 4.78 is 4.99. The molecule has 0 radical (unpaired) electrons. The van der Waals surface area contributed by atoms with E-state index >= 15 is 0 Å². The highest BCUT2D eigenvalue weighted by Crippen LogP contribution is 2.12. The van der Waals surface area contributed by atoms with Gasteiger partial charge in [-0.1, -0.05) is 33.6 Å². The Labute approximate surface area is 115 Å². The minimum absolute atomic E-state index is 0.0241. The monoisotopic (exact) mass is 319 g/mol. The summed E-state index contributed by atoms with van der Waals surface area (Å²) in [6.45, 7) is 1.75. The van der Waals surface area contributed by atoms with Crippen LogP contribution in [-0.2, 0) is 4.74 Å². The van der Waals surface area contributed by atoms with Gasteiger partial charge >= 0.3 is 0 Å². The summed E-state index contributed by atoms with van der Waals surface area (Å²) in [4.78, 5) is 13.9. The minimum Gasteiger partial charge on any atom is -0.383 e. The lowest BCUT2D eigenvalue weighted by molar-refractivity contribution is 0.0709. The molecule has 0 saturated carbocycles. The van der Waals surface area contributed by atoms with Gasteiger partial charge in [0.15, 0.2) is 0 Å². The SMILES string of the molecule is COCCN(CCBr)C(=O)c1cccc(Cl)c1. The molecule has 5 heteroatoms. The second-order valence-electron chi connectivity index (χ2n) is 3.48. The summed E-state index contributed by atoms with van der Waals surface area (Å²) in [5.74, 6) is -0.0241. The van der Waals surface area contributed by atoms with Gasteiger partial charge in [0.05, 0.1) is 6.61 Å². The first-order valence-electron chi connectivity index (χ1n) is 5.28. The molecule has 0 saturated heterocycles. The lowest BCUT2D eigenvalue weighted by atomic mass is 10.2. The molecule has 3 nitrogen and oxygen atoms in total. The van der Waals surface area contributed by atoms with E-state index in [1.54, 1.807) is 36.3 Å². The topological polar surface area (TPSA) is 29.5 Å². The lowest BCUT2D eigenvalue weighted by Gasteiger charge is -2.21. The number of halogens is 2. The van der Waals surface area contributed by atoms with Gasteiger partial charge in [0.2, 0.25) is 0 Å². The Balaban J connectivity index is 2.76. The third-order valence-corrected chi connectivity index (χ3v) is 2.87. The van der Waals surface area contributed by atoms with Gasteiger partial charge in [0.1, 0.15) is 0 Å². The van der Waals surface area contributed by atoms with E-state index in [4.69, 9.17) is 16.3 Å². The van der Waals surface area contributed by atoms with Gasteiger partial charge in [-0.2, -0.15) is 0 Å². The third-order valence-electron chi connectivity index (χ3n) is 2.28. The van der Waals surface area contributed by atoms with Crippen LogP contribution in [-0.4, -0.2) is 42.9 Å². The number of carbonyl (C=O) groups is 1. The Hall–Kier alpha value is -0.580. The van der Waals surface area contributed by atoms with Crippen molar-refractivity contribution >= 4 is 33.4 Å². The molecular formula is C12H15BrClNO2. The van der Waals surface area contributed by atoms with Crippen molar-refractivity contribution in [2.75, 3.05) is 32.1 Å². The fourth-order valence-corrected chi connectivity index (χ4v) is 2.04. The first kappa shape index (κ1) is 14.5. The predicted octanol–water partition coefficient (Wildman–Crippen LogP) is 2.82. The van der Waals surface area contributed by atoms with Gasteiger partial charge in [-0.25, -0.2) is 0 Å². The van der Waals surface area contributed by atoms with E-state index in [9.17, 15) is 4.79 Å². The molecule has 0 atom stereocenters. The number of hydrogen-bond donors (Lipinski definition) is 0. The van der Waals surface area contributed by atoms with Gasteiger partial charge in [0.25, 0.3) is 5.91 Å². The number of rotatable bonds is 6. The number of amides is 1. The number of ether oxygens (including phenoxy) is 1. The summed E-state index contributed by atoms with van der Waals surface area (Å²) >= 11 is 9.21. The number of benzene rings is 1. The molecule has 0 unspecified atom stereocenters. The smallest absolute Gasteiger partial charge is 0.254 e. The molecule has 0 aliphatic heterocycles. The van der Waals surface area contributed by atoms with Crippen LogP contribution in [0.1, 0.15) is 10.4 Å². The van der Waals surface area contributed by atoms with Gasteiger partial charge in [-0.15, -0.1) is 0 Å². The standard InChI is InChI=1S/C12H15BrClNO2/c1-17-8-7-15(6-5-13)12(16)10-3-2-4-11(14)9-10/h2-4,9H,5-8H2,1H3. The molecule has 1 rings (SSSR count). The zero-order valence-electron chi connectivity index (χ0n) is 9.66. The summed E-state index contributed by atoms with van der Waals surface area (Å²) in [7, 11) is 1.62. The molecule has 0 N–H and O–H groups in total. The van der Waals surface area contributed by atoms with Crippen molar-refractivity contribution in [1.82, 2.24) is 4.90 Å². The zero-order valence-corrected chi connectivity index (χ0v) is 12.0.